The van der Waals surface area contributed by atoms with Crippen LogP contribution in [0.4, 0.5) is 0 Å². The van der Waals surface area contributed by atoms with E-state index >= 15 is 0 Å². The highest BCUT2D eigenvalue weighted by Gasteiger charge is 2.09. The lowest BCUT2D eigenvalue weighted by Crippen LogP contribution is -2.20. The van der Waals surface area contributed by atoms with Crippen molar-refractivity contribution in [1.29, 1.82) is 0 Å². The summed E-state index contributed by atoms with van der Waals surface area (Å²) >= 11 is 3.29. The SMILES string of the molecule is CNCC(=O)c1ncc(Br)cc1C. The summed E-state index contributed by atoms with van der Waals surface area (Å²) in [6, 6.07) is 1.88. The second-order valence-corrected chi connectivity index (χ2v) is 3.69. The minimum atomic E-state index is 0.0208. The van der Waals surface area contributed by atoms with Crippen LogP contribution in [-0.2, 0) is 0 Å². The van der Waals surface area contributed by atoms with Gasteiger partial charge in [-0.15, -0.1) is 0 Å². The van der Waals surface area contributed by atoms with Gasteiger partial charge in [-0.05, 0) is 41.5 Å². The van der Waals surface area contributed by atoms with Crippen molar-refractivity contribution in [2.45, 2.75) is 6.92 Å². The molecule has 0 saturated carbocycles. The van der Waals surface area contributed by atoms with Crippen LogP contribution in [0.5, 0.6) is 0 Å². The van der Waals surface area contributed by atoms with Crippen molar-refractivity contribution in [3.8, 4) is 0 Å². The van der Waals surface area contributed by atoms with E-state index in [9.17, 15) is 4.79 Å². The van der Waals surface area contributed by atoms with Crippen LogP contribution < -0.4 is 5.32 Å². The summed E-state index contributed by atoms with van der Waals surface area (Å²) in [5.74, 6) is 0.0208. The summed E-state index contributed by atoms with van der Waals surface area (Å²) in [5.41, 5.74) is 1.44. The molecule has 1 aromatic rings. The van der Waals surface area contributed by atoms with Crippen molar-refractivity contribution < 1.29 is 4.79 Å². The molecule has 0 aliphatic heterocycles. The number of carbonyl (C=O) groups is 1. The normalized spacial score (nSPS) is 10.1. The van der Waals surface area contributed by atoms with Crippen molar-refractivity contribution >= 4 is 21.7 Å². The number of likely N-dealkylation sites (N-methyl/N-ethyl adjacent to an activating group) is 1. The zero-order valence-corrected chi connectivity index (χ0v) is 9.18. The highest BCUT2D eigenvalue weighted by Crippen LogP contribution is 2.12. The van der Waals surface area contributed by atoms with E-state index in [0.717, 1.165) is 10.0 Å². The Morgan fingerprint density at radius 3 is 2.92 bits per heavy atom. The number of hydrogen-bond acceptors (Lipinski definition) is 3. The molecule has 1 aromatic heterocycles. The molecule has 0 amide bonds. The molecule has 13 heavy (non-hydrogen) atoms. The highest BCUT2D eigenvalue weighted by molar-refractivity contribution is 9.10. The molecule has 0 unspecified atom stereocenters. The molecule has 0 radical (unpaired) electrons. The van der Waals surface area contributed by atoms with Gasteiger partial charge < -0.3 is 5.32 Å². The van der Waals surface area contributed by atoms with Crippen molar-refractivity contribution in [2.75, 3.05) is 13.6 Å². The maximum Gasteiger partial charge on any atom is 0.195 e. The first-order chi connectivity index (χ1) is 6.15. The number of Topliss-reactive ketones (excluding diaryl/α,β-unsaturated/α-hetero) is 1. The van der Waals surface area contributed by atoms with E-state index in [1.54, 1.807) is 13.2 Å². The zero-order valence-electron chi connectivity index (χ0n) is 7.60. The second kappa shape index (κ2) is 4.48. The van der Waals surface area contributed by atoms with Gasteiger partial charge in [0.2, 0.25) is 0 Å². The van der Waals surface area contributed by atoms with Crippen LogP contribution in [0.1, 0.15) is 16.1 Å². The van der Waals surface area contributed by atoms with Crippen LogP contribution in [0.15, 0.2) is 16.7 Å². The van der Waals surface area contributed by atoms with Crippen molar-refractivity contribution in [3.63, 3.8) is 0 Å². The van der Waals surface area contributed by atoms with E-state index in [2.05, 4.69) is 26.2 Å². The number of rotatable bonds is 3. The first-order valence-electron chi connectivity index (χ1n) is 3.95. The summed E-state index contributed by atoms with van der Waals surface area (Å²) in [6.07, 6.45) is 1.63. The third kappa shape index (κ3) is 2.60. The highest BCUT2D eigenvalue weighted by atomic mass is 79.9. The van der Waals surface area contributed by atoms with Crippen LogP contribution in [0.2, 0.25) is 0 Å². The van der Waals surface area contributed by atoms with E-state index in [0.29, 0.717) is 12.2 Å². The van der Waals surface area contributed by atoms with Gasteiger partial charge in [0.05, 0.1) is 6.54 Å². The Bertz CT molecular complexity index is 325. The summed E-state index contributed by atoms with van der Waals surface area (Å²) < 4.78 is 0.894. The smallest absolute Gasteiger partial charge is 0.195 e. The molecule has 0 atom stereocenters. The number of hydrogen-bond donors (Lipinski definition) is 1. The number of nitrogens with one attached hydrogen (secondary N) is 1. The zero-order chi connectivity index (χ0) is 9.84. The average molecular weight is 243 g/mol. The maximum absolute atomic E-state index is 11.4. The van der Waals surface area contributed by atoms with E-state index in [-0.39, 0.29) is 5.78 Å². The molecule has 3 nitrogen and oxygen atoms in total. The van der Waals surface area contributed by atoms with Gasteiger partial charge in [0.1, 0.15) is 5.69 Å². The number of ketones is 1. The predicted octanol–water partition coefficient (Wildman–Crippen LogP) is 1.55. The molecular formula is C9H11BrN2O. The molecule has 0 spiro atoms. The molecule has 1 rings (SSSR count). The Kier molecular flexibility index (Phi) is 3.57. The van der Waals surface area contributed by atoms with E-state index in [4.69, 9.17) is 0 Å². The van der Waals surface area contributed by atoms with E-state index < -0.39 is 0 Å². The fourth-order valence-corrected chi connectivity index (χ4v) is 1.52. The number of nitrogens with zero attached hydrogens (tertiary/aromatic N) is 1. The lowest BCUT2D eigenvalue weighted by atomic mass is 10.1. The van der Waals surface area contributed by atoms with Gasteiger partial charge in [0.15, 0.2) is 5.78 Å². The molecule has 0 fully saturated rings. The number of carbonyl (C=O) groups excluding carboxylic acids is 1. The van der Waals surface area contributed by atoms with Gasteiger partial charge in [-0.25, -0.2) is 0 Å². The second-order valence-electron chi connectivity index (χ2n) is 2.77. The lowest BCUT2D eigenvalue weighted by molar-refractivity contribution is 0.0988. The first-order valence-corrected chi connectivity index (χ1v) is 4.74. The maximum atomic E-state index is 11.4. The quantitative estimate of drug-likeness (QED) is 0.819. The molecule has 0 aromatic carbocycles. The molecular weight excluding hydrogens is 232 g/mol. The Hall–Kier alpha value is -0.740. The van der Waals surface area contributed by atoms with Crippen molar-refractivity contribution in [2.24, 2.45) is 0 Å². The van der Waals surface area contributed by atoms with Crippen molar-refractivity contribution in [1.82, 2.24) is 10.3 Å². The minimum absolute atomic E-state index is 0.0208. The van der Waals surface area contributed by atoms with Crippen LogP contribution >= 0.6 is 15.9 Å². The van der Waals surface area contributed by atoms with Gasteiger partial charge in [-0.3, -0.25) is 9.78 Å². The number of pyridine rings is 1. The Morgan fingerprint density at radius 1 is 1.69 bits per heavy atom. The Morgan fingerprint density at radius 2 is 2.38 bits per heavy atom. The first kappa shape index (κ1) is 10.3. The number of aryl methyl sites for hydroxylation is 1. The van der Waals surface area contributed by atoms with Gasteiger partial charge in [0.25, 0.3) is 0 Å². The number of halogens is 1. The standard InChI is InChI=1S/C9H11BrN2O/c1-6-3-7(10)4-12-9(6)8(13)5-11-2/h3-4,11H,5H2,1-2H3. The monoisotopic (exact) mass is 242 g/mol. The Labute approximate surface area is 85.7 Å². The fourth-order valence-electron chi connectivity index (χ4n) is 1.08. The van der Waals surface area contributed by atoms with E-state index in [1.807, 2.05) is 13.0 Å². The summed E-state index contributed by atoms with van der Waals surface area (Å²) in [5, 5.41) is 2.81. The lowest BCUT2D eigenvalue weighted by Gasteiger charge is -2.03. The van der Waals surface area contributed by atoms with Gasteiger partial charge >= 0.3 is 0 Å². The summed E-state index contributed by atoms with van der Waals surface area (Å²) in [7, 11) is 1.74. The molecule has 0 aliphatic rings. The van der Waals surface area contributed by atoms with E-state index in [1.165, 1.54) is 0 Å². The largest absolute Gasteiger partial charge is 0.313 e. The number of aromatic nitrogens is 1. The summed E-state index contributed by atoms with van der Waals surface area (Å²) in [4.78, 5) is 15.5. The van der Waals surface area contributed by atoms with Crippen LogP contribution in [0, 0.1) is 6.92 Å². The van der Waals surface area contributed by atoms with Gasteiger partial charge in [-0.2, -0.15) is 0 Å². The average Bonchev–Trinajstić information content (AvgIpc) is 2.04. The van der Waals surface area contributed by atoms with Crippen molar-refractivity contribution in [3.05, 3.63) is 28.0 Å². The Balaban J connectivity index is 2.95. The minimum Gasteiger partial charge on any atom is -0.313 e. The molecule has 4 heteroatoms. The molecule has 70 valence electrons. The molecule has 0 bridgehead atoms. The summed E-state index contributed by atoms with van der Waals surface area (Å²) in [6.45, 7) is 2.20. The molecule has 0 aliphatic carbocycles. The van der Waals surface area contributed by atoms with Gasteiger partial charge in [0, 0.05) is 10.7 Å². The third-order valence-electron chi connectivity index (χ3n) is 1.65. The molecule has 1 heterocycles. The predicted molar refractivity (Wildman–Crippen MR) is 54.9 cm³/mol. The van der Waals surface area contributed by atoms with Crippen LogP contribution in [0.3, 0.4) is 0 Å². The third-order valence-corrected chi connectivity index (χ3v) is 2.08. The fraction of sp³-hybridized carbons (Fsp3) is 0.333. The molecule has 1 N–H and O–H groups in total. The molecule has 0 saturated heterocycles. The van der Waals surface area contributed by atoms with Gasteiger partial charge in [-0.1, -0.05) is 0 Å². The van der Waals surface area contributed by atoms with Crippen LogP contribution in [0.25, 0.3) is 0 Å². The van der Waals surface area contributed by atoms with Crippen LogP contribution in [-0.4, -0.2) is 24.4 Å². The topological polar surface area (TPSA) is 42.0 Å².